The molecule has 1 heterocycles. The van der Waals surface area contributed by atoms with Crippen LogP contribution < -0.4 is 10.1 Å². The van der Waals surface area contributed by atoms with Crippen LogP contribution in [0.1, 0.15) is 48.4 Å². The third kappa shape index (κ3) is 4.31. The van der Waals surface area contributed by atoms with Crippen LogP contribution in [0, 0.1) is 12.7 Å². The summed E-state index contributed by atoms with van der Waals surface area (Å²) in [6.07, 6.45) is 0. The third-order valence-electron chi connectivity index (χ3n) is 3.44. The van der Waals surface area contributed by atoms with E-state index in [0.717, 1.165) is 11.4 Å². The summed E-state index contributed by atoms with van der Waals surface area (Å²) in [5, 5.41) is 9.95. The first-order valence-electron chi connectivity index (χ1n) is 7.62. The summed E-state index contributed by atoms with van der Waals surface area (Å²) in [6, 6.07) is 5.59. The summed E-state index contributed by atoms with van der Waals surface area (Å²) in [5.41, 5.74) is 2.10. The average molecular weight is 319 g/mol. The maximum absolute atomic E-state index is 12.8. The maximum atomic E-state index is 12.8. The van der Waals surface area contributed by atoms with Gasteiger partial charge in [-0.3, -0.25) is 9.89 Å². The predicted octanol–water partition coefficient (Wildman–Crippen LogP) is 3.18. The highest BCUT2D eigenvalue weighted by atomic mass is 19.1. The summed E-state index contributed by atoms with van der Waals surface area (Å²) in [6.45, 7) is 7.96. The molecule has 6 heteroatoms. The first-order chi connectivity index (χ1) is 10.9. The summed E-state index contributed by atoms with van der Waals surface area (Å²) in [4.78, 5) is 12.4. The van der Waals surface area contributed by atoms with E-state index < -0.39 is 0 Å². The molecule has 1 aromatic heterocycles. The Bertz CT molecular complexity index is 665. The van der Waals surface area contributed by atoms with Crippen molar-refractivity contribution in [3.8, 4) is 5.75 Å². The van der Waals surface area contributed by atoms with Crippen molar-refractivity contribution in [3.05, 3.63) is 47.0 Å². The number of ether oxygens (including phenoxy) is 1. The fourth-order valence-corrected chi connectivity index (χ4v) is 2.24. The molecule has 1 atom stereocenters. The van der Waals surface area contributed by atoms with Gasteiger partial charge >= 0.3 is 0 Å². The van der Waals surface area contributed by atoms with E-state index in [-0.39, 0.29) is 23.7 Å². The van der Waals surface area contributed by atoms with Gasteiger partial charge in [0, 0.05) is 5.69 Å². The van der Waals surface area contributed by atoms with Gasteiger partial charge in [-0.25, -0.2) is 4.39 Å². The number of hydrogen-bond donors (Lipinski definition) is 2. The highest BCUT2D eigenvalue weighted by Gasteiger charge is 2.21. The molecule has 0 saturated carbocycles. The number of H-pyrrole nitrogens is 1. The number of amides is 1. The normalized spacial score (nSPS) is 12.3. The van der Waals surface area contributed by atoms with Crippen LogP contribution >= 0.6 is 0 Å². The van der Waals surface area contributed by atoms with Crippen molar-refractivity contribution in [2.24, 2.45) is 0 Å². The number of benzene rings is 1. The zero-order valence-corrected chi connectivity index (χ0v) is 13.8. The number of aromatic amines is 1. The minimum Gasteiger partial charge on any atom is -0.491 e. The lowest BCUT2D eigenvalue weighted by molar-refractivity contribution is 0.0925. The van der Waals surface area contributed by atoms with E-state index in [9.17, 15) is 9.18 Å². The molecule has 1 aromatic carbocycles. The van der Waals surface area contributed by atoms with Crippen molar-refractivity contribution in [2.75, 3.05) is 6.61 Å². The SMILES string of the molecule is Cc1[nH]nc(C(C)C)c1C(=O)N[C@H](C)COc1ccc(F)cc1. The Morgan fingerprint density at radius 2 is 1.96 bits per heavy atom. The van der Waals surface area contributed by atoms with Gasteiger partial charge in [-0.05, 0) is 44.0 Å². The number of carbonyl (C=O) groups excluding carboxylic acids is 1. The quantitative estimate of drug-likeness (QED) is 0.859. The first-order valence-corrected chi connectivity index (χ1v) is 7.62. The van der Waals surface area contributed by atoms with E-state index in [2.05, 4.69) is 15.5 Å². The first kappa shape index (κ1) is 17.0. The molecule has 0 unspecified atom stereocenters. The van der Waals surface area contributed by atoms with Gasteiger partial charge in [-0.1, -0.05) is 13.8 Å². The van der Waals surface area contributed by atoms with Crippen molar-refractivity contribution in [1.29, 1.82) is 0 Å². The Morgan fingerprint density at radius 1 is 1.30 bits per heavy atom. The van der Waals surface area contributed by atoms with E-state index in [1.807, 2.05) is 27.7 Å². The van der Waals surface area contributed by atoms with Gasteiger partial charge in [0.25, 0.3) is 5.91 Å². The smallest absolute Gasteiger partial charge is 0.255 e. The van der Waals surface area contributed by atoms with E-state index in [1.54, 1.807) is 12.1 Å². The lowest BCUT2D eigenvalue weighted by atomic mass is 10.0. The van der Waals surface area contributed by atoms with Crippen LogP contribution in [0.5, 0.6) is 5.75 Å². The molecule has 0 fully saturated rings. The van der Waals surface area contributed by atoms with E-state index in [4.69, 9.17) is 4.74 Å². The predicted molar refractivity (Wildman–Crippen MR) is 86.2 cm³/mol. The number of rotatable bonds is 6. The van der Waals surface area contributed by atoms with E-state index in [0.29, 0.717) is 17.9 Å². The lowest BCUT2D eigenvalue weighted by Gasteiger charge is -2.16. The van der Waals surface area contributed by atoms with E-state index in [1.165, 1.54) is 12.1 Å². The Labute approximate surface area is 135 Å². The van der Waals surface area contributed by atoms with Crippen LogP contribution in [0.25, 0.3) is 0 Å². The van der Waals surface area contributed by atoms with Gasteiger partial charge in [0.2, 0.25) is 0 Å². The summed E-state index contributed by atoms with van der Waals surface area (Å²) >= 11 is 0. The molecule has 0 bridgehead atoms. The fourth-order valence-electron chi connectivity index (χ4n) is 2.24. The molecule has 0 aliphatic rings. The summed E-state index contributed by atoms with van der Waals surface area (Å²) in [5.74, 6) is 0.242. The number of halogens is 1. The fraction of sp³-hybridized carbons (Fsp3) is 0.412. The zero-order chi connectivity index (χ0) is 17.0. The standard InChI is InChI=1S/C17H22FN3O2/c1-10(2)16-15(12(4)20-21-16)17(22)19-11(3)9-23-14-7-5-13(18)6-8-14/h5-8,10-11H,9H2,1-4H3,(H,19,22)(H,20,21)/t11-/m1/s1. The molecule has 2 aromatic rings. The second-order valence-electron chi connectivity index (χ2n) is 5.90. The molecule has 0 radical (unpaired) electrons. The van der Waals surface area contributed by atoms with Crippen LogP contribution in [0.2, 0.25) is 0 Å². The third-order valence-corrected chi connectivity index (χ3v) is 3.44. The minimum absolute atomic E-state index is 0.159. The molecular formula is C17H22FN3O2. The van der Waals surface area contributed by atoms with Crippen molar-refractivity contribution in [1.82, 2.24) is 15.5 Å². The van der Waals surface area contributed by atoms with Crippen LogP contribution in [-0.2, 0) is 0 Å². The van der Waals surface area contributed by atoms with Crippen molar-refractivity contribution in [2.45, 2.75) is 39.7 Å². The van der Waals surface area contributed by atoms with Gasteiger partial charge in [-0.15, -0.1) is 0 Å². The van der Waals surface area contributed by atoms with Gasteiger partial charge < -0.3 is 10.1 Å². The van der Waals surface area contributed by atoms with Gasteiger partial charge in [0.1, 0.15) is 18.2 Å². The zero-order valence-electron chi connectivity index (χ0n) is 13.8. The Morgan fingerprint density at radius 3 is 2.57 bits per heavy atom. The lowest BCUT2D eigenvalue weighted by Crippen LogP contribution is -2.37. The molecule has 0 spiro atoms. The number of hydrogen-bond acceptors (Lipinski definition) is 3. The molecule has 1 amide bonds. The second kappa shape index (κ2) is 7.26. The number of nitrogens with one attached hydrogen (secondary N) is 2. The molecule has 0 saturated heterocycles. The topological polar surface area (TPSA) is 67.0 Å². The van der Waals surface area contributed by atoms with Crippen molar-refractivity contribution in [3.63, 3.8) is 0 Å². The average Bonchev–Trinajstić information content (AvgIpc) is 2.88. The highest BCUT2D eigenvalue weighted by molar-refractivity contribution is 5.96. The van der Waals surface area contributed by atoms with Crippen LogP contribution in [0.3, 0.4) is 0 Å². The highest BCUT2D eigenvalue weighted by Crippen LogP contribution is 2.19. The molecule has 2 rings (SSSR count). The summed E-state index contributed by atoms with van der Waals surface area (Å²) < 4.78 is 18.4. The molecular weight excluding hydrogens is 297 g/mol. The van der Waals surface area contributed by atoms with Crippen LogP contribution in [-0.4, -0.2) is 28.8 Å². The van der Waals surface area contributed by atoms with Gasteiger partial charge in [0.05, 0.1) is 17.3 Å². The van der Waals surface area contributed by atoms with Crippen molar-refractivity contribution >= 4 is 5.91 Å². The van der Waals surface area contributed by atoms with E-state index >= 15 is 0 Å². The molecule has 23 heavy (non-hydrogen) atoms. The van der Waals surface area contributed by atoms with Gasteiger partial charge in [0.15, 0.2) is 0 Å². The Balaban J connectivity index is 1.95. The second-order valence-corrected chi connectivity index (χ2v) is 5.90. The molecule has 0 aliphatic carbocycles. The van der Waals surface area contributed by atoms with Crippen molar-refractivity contribution < 1.29 is 13.9 Å². The maximum Gasteiger partial charge on any atom is 0.255 e. The molecule has 124 valence electrons. The summed E-state index contributed by atoms with van der Waals surface area (Å²) in [7, 11) is 0. The minimum atomic E-state index is -0.310. The van der Waals surface area contributed by atoms with Crippen LogP contribution in [0.15, 0.2) is 24.3 Å². The monoisotopic (exact) mass is 319 g/mol. The number of aromatic nitrogens is 2. The molecule has 0 aliphatic heterocycles. The van der Waals surface area contributed by atoms with Crippen LogP contribution in [0.4, 0.5) is 4.39 Å². The largest absolute Gasteiger partial charge is 0.491 e. The Hall–Kier alpha value is -2.37. The number of aryl methyl sites for hydroxylation is 1. The number of carbonyl (C=O) groups is 1. The van der Waals surface area contributed by atoms with Gasteiger partial charge in [-0.2, -0.15) is 5.10 Å². The molecule has 5 nitrogen and oxygen atoms in total. The molecule has 2 N–H and O–H groups in total. The Kier molecular flexibility index (Phi) is 5.36. The number of nitrogens with zero attached hydrogens (tertiary/aromatic N) is 1.